The van der Waals surface area contributed by atoms with E-state index in [0.717, 1.165) is 37.1 Å². The lowest BCUT2D eigenvalue weighted by molar-refractivity contribution is -0.125. The zero-order chi connectivity index (χ0) is 20.8. The van der Waals surface area contributed by atoms with E-state index in [1.165, 1.54) is 5.56 Å². The van der Waals surface area contributed by atoms with Crippen molar-refractivity contribution in [3.63, 3.8) is 0 Å². The maximum Gasteiger partial charge on any atom is 0.227 e. The summed E-state index contributed by atoms with van der Waals surface area (Å²) < 4.78 is 5.19. The number of amides is 2. The van der Waals surface area contributed by atoms with E-state index in [1.54, 1.807) is 7.11 Å². The van der Waals surface area contributed by atoms with E-state index in [4.69, 9.17) is 4.74 Å². The molecule has 1 aliphatic carbocycles. The van der Waals surface area contributed by atoms with Crippen LogP contribution in [0.5, 0.6) is 5.75 Å². The topological polar surface area (TPSA) is 67.4 Å². The van der Waals surface area contributed by atoms with Gasteiger partial charge >= 0.3 is 0 Å². The van der Waals surface area contributed by atoms with Gasteiger partial charge in [0.15, 0.2) is 0 Å². The van der Waals surface area contributed by atoms with Crippen LogP contribution in [0.2, 0.25) is 0 Å². The summed E-state index contributed by atoms with van der Waals surface area (Å²) in [4.78, 5) is 25.2. The van der Waals surface area contributed by atoms with Crippen LogP contribution in [0.1, 0.15) is 51.0 Å². The highest BCUT2D eigenvalue weighted by molar-refractivity contribution is 5.94. The minimum absolute atomic E-state index is 0.0152. The first-order valence-electron chi connectivity index (χ1n) is 10.3. The lowest BCUT2D eigenvalue weighted by atomic mass is 9.81. The summed E-state index contributed by atoms with van der Waals surface area (Å²) in [6.07, 6.45) is 2.90. The monoisotopic (exact) mass is 394 g/mol. The Hall–Kier alpha value is -2.82. The van der Waals surface area contributed by atoms with Crippen molar-refractivity contribution in [2.45, 2.75) is 45.4 Å². The van der Waals surface area contributed by atoms with E-state index in [-0.39, 0.29) is 23.7 Å². The smallest absolute Gasteiger partial charge is 0.227 e. The predicted octanol–water partition coefficient (Wildman–Crippen LogP) is 5.20. The number of hydrogen-bond acceptors (Lipinski definition) is 3. The van der Waals surface area contributed by atoms with Crippen molar-refractivity contribution in [3.8, 4) is 5.75 Å². The first-order valence-corrected chi connectivity index (χ1v) is 10.3. The van der Waals surface area contributed by atoms with Crippen LogP contribution in [0.25, 0.3) is 0 Å². The molecule has 29 heavy (non-hydrogen) atoms. The zero-order valence-corrected chi connectivity index (χ0v) is 17.4. The molecule has 0 saturated heterocycles. The molecule has 0 aromatic heterocycles. The summed E-state index contributed by atoms with van der Waals surface area (Å²) in [5, 5.41) is 5.99. The highest BCUT2D eigenvalue weighted by Crippen LogP contribution is 2.31. The highest BCUT2D eigenvalue weighted by Gasteiger charge is 2.30. The summed E-state index contributed by atoms with van der Waals surface area (Å²) in [5.74, 6) is 1.15. The number of hydrogen-bond donors (Lipinski definition) is 2. The second-order valence-corrected chi connectivity index (χ2v) is 8.04. The van der Waals surface area contributed by atoms with Crippen molar-refractivity contribution in [2.24, 2.45) is 11.8 Å². The van der Waals surface area contributed by atoms with E-state index >= 15 is 0 Å². The number of rotatable bonds is 6. The molecule has 0 radical (unpaired) electrons. The van der Waals surface area contributed by atoms with Crippen LogP contribution < -0.4 is 15.4 Å². The van der Waals surface area contributed by atoms with Crippen molar-refractivity contribution in [3.05, 3.63) is 54.1 Å². The average Bonchev–Trinajstić information content (AvgIpc) is 2.74. The van der Waals surface area contributed by atoms with Crippen LogP contribution in [-0.4, -0.2) is 18.9 Å². The minimum atomic E-state index is -0.0597. The third-order valence-corrected chi connectivity index (χ3v) is 5.65. The van der Waals surface area contributed by atoms with Gasteiger partial charge in [0.1, 0.15) is 5.75 Å². The molecule has 3 rings (SSSR count). The molecule has 2 aromatic carbocycles. The van der Waals surface area contributed by atoms with Crippen molar-refractivity contribution in [2.75, 3.05) is 17.7 Å². The number of nitrogens with one attached hydrogen (secondary N) is 2. The van der Waals surface area contributed by atoms with Crippen molar-refractivity contribution >= 4 is 23.2 Å². The van der Waals surface area contributed by atoms with Gasteiger partial charge in [-0.1, -0.05) is 32.0 Å². The van der Waals surface area contributed by atoms with E-state index < -0.39 is 0 Å². The normalized spacial score (nSPS) is 18.9. The molecule has 1 saturated carbocycles. The molecule has 0 unspecified atom stereocenters. The van der Waals surface area contributed by atoms with Crippen LogP contribution in [0, 0.1) is 11.8 Å². The Kier molecular flexibility index (Phi) is 6.91. The molecule has 0 spiro atoms. The second-order valence-electron chi connectivity index (χ2n) is 8.04. The van der Waals surface area contributed by atoms with Gasteiger partial charge in [0.25, 0.3) is 0 Å². The number of benzene rings is 2. The molecular weight excluding hydrogens is 364 g/mol. The van der Waals surface area contributed by atoms with Gasteiger partial charge in [-0.3, -0.25) is 9.59 Å². The third kappa shape index (κ3) is 5.59. The van der Waals surface area contributed by atoms with Crippen molar-refractivity contribution < 1.29 is 14.3 Å². The number of ether oxygens (including phenoxy) is 1. The summed E-state index contributed by atoms with van der Waals surface area (Å²) in [6.45, 7) is 4.30. The maximum absolute atomic E-state index is 12.6. The Morgan fingerprint density at radius 3 is 1.93 bits per heavy atom. The minimum Gasteiger partial charge on any atom is -0.497 e. The van der Waals surface area contributed by atoms with E-state index in [2.05, 4.69) is 36.6 Å². The van der Waals surface area contributed by atoms with E-state index in [0.29, 0.717) is 11.7 Å². The predicted molar refractivity (Wildman–Crippen MR) is 116 cm³/mol. The van der Waals surface area contributed by atoms with Crippen molar-refractivity contribution in [1.82, 2.24) is 0 Å². The fraction of sp³-hybridized carbons (Fsp3) is 0.417. The number of carbonyl (C=O) groups is 2. The molecule has 2 amide bonds. The second kappa shape index (κ2) is 9.59. The fourth-order valence-electron chi connectivity index (χ4n) is 3.76. The molecule has 1 aliphatic rings. The SMILES string of the molecule is COc1cccc(NC(=O)C2CCC(C(=O)Nc3ccc(C(C)C)cc3)CC2)c1. The van der Waals surface area contributed by atoms with Gasteiger partial charge in [0, 0.05) is 29.3 Å². The van der Waals surface area contributed by atoms with Crippen LogP contribution in [0.15, 0.2) is 48.5 Å². The molecule has 1 fully saturated rings. The van der Waals surface area contributed by atoms with Crippen LogP contribution in [0.3, 0.4) is 0 Å². The summed E-state index contributed by atoms with van der Waals surface area (Å²) in [7, 11) is 1.60. The van der Waals surface area contributed by atoms with Gasteiger partial charge in [0.2, 0.25) is 11.8 Å². The lowest BCUT2D eigenvalue weighted by Gasteiger charge is -2.27. The third-order valence-electron chi connectivity index (χ3n) is 5.65. The molecular formula is C24H30N2O3. The van der Waals surface area contributed by atoms with Gasteiger partial charge in [-0.2, -0.15) is 0 Å². The summed E-state index contributed by atoms with van der Waals surface area (Å²) in [6, 6.07) is 15.4. The zero-order valence-electron chi connectivity index (χ0n) is 17.4. The van der Waals surface area contributed by atoms with Crippen LogP contribution in [0.4, 0.5) is 11.4 Å². The van der Waals surface area contributed by atoms with Gasteiger partial charge in [-0.25, -0.2) is 0 Å². The van der Waals surface area contributed by atoms with Crippen molar-refractivity contribution in [1.29, 1.82) is 0 Å². The number of carbonyl (C=O) groups excluding carboxylic acids is 2. The molecule has 0 heterocycles. The largest absolute Gasteiger partial charge is 0.497 e. The molecule has 2 N–H and O–H groups in total. The van der Waals surface area contributed by atoms with Crippen LogP contribution >= 0.6 is 0 Å². The molecule has 2 aromatic rings. The number of methoxy groups -OCH3 is 1. The first-order chi connectivity index (χ1) is 14.0. The van der Waals surface area contributed by atoms with Crippen LogP contribution in [-0.2, 0) is 9.59 Å². The average molecular weight is 395 g/mol. The summed E-state index contributed by atoms with van der Waals surface area (Å²) >= 11 is 0. The maximum atomic E-state index is 12.6. The Morgan fingerprint density at radius 2 is 1.41 bits per heavy atom. The highest BCUT2D eigenvalue weighted by atomic mass is 16.5. The molecule has 154 valence electrons. The van der Waals surface area contributed by atoms with Gasteiger partial charge < -0.3 is 15.4 Å². The van der Waals surface area contributed by atoms with Gasteiger partial charge in [-0.05, 0) is 61.4 Å². The molecule has 5 heteroatoms. The standard InChI is InChI=1S/C24H30N2O3/c1-16(2)17-11-13-20(14-12-17)25-23(27)18-7-9-19(10-8-18)24(28)26-21-5-4-6-22(15-21)29-3/h4-6,11-16,18-19H,7-10H2,1-3H3,(H,25,27)(H,26,28). The number of anilines is 2. The molecule has 0 atom stereocenters. The van der Waals surface area contributed by atoms with Gasteiger partial charge in [0.05, 0.1) is 7.11 Å². The van der Waals surface area contributed by atoms with Gasteiger partial charge in [-0.15, -0.1) is 0 Å². The lowest BCUT2D eigenvalue weighted by Crippen LogP contribution is -2.32. The molecule has 0 bridgehead atoms. The Labute approximate surface area is 172 Å². The van der Waals surface area contributed by atoms with E-state index in [1.807, 2.05) is 36.4 Å². The fourth-order valence-corrected chi connectivity index (χ4v) is 3.76. The molecule has 5 nitrogen and oxygen atoms in total. The quantitative estimate of drug-likeness (QED) is 0.707. The summed E-state index contributed by atoms with van der Waals surface area (Å²) in [5.41, 5.74) is 2.82. The first kappa shape index (κ1) is 20.9. The van der Waals surface area contributed by atoms with E-state index in [9.17, 15) is 9.59 Å². The Morgan fingerprint density at radius 1 is 0.862 bits per heavy atom. The molecule has 0 aliphatic heterocycles. The Bertz CT molecular complexity index is 837. The Balaban J connectivity index is 1.48.